The molecule has 0 radical (unpaired) electrons. The van der Waals surface area contributed by atoms with Gasteiger partial charge in [-0.1, -0.05) is 28.1 Å². The molecule has 0 atom stereocenters. The maximum absolute atomic E-state index is 12.4. The fourth-order valence-corrected chi connectivity index (χ4v) is 3.63. The van der Waals surface area contributed by atoms with Crippen molar-refractivity contribution in [2.75, 3.05) is 19.5 Å². The van der Waals surface area contributed by atoms with Crippen molar-refractivity contribution in [3.05, 3.63) is 58.0 Å². The molecule has 0 saturated heterocycles. The van der Waals surface area contributed by atoms with E-state index in [1.165, 1.54) is 11.3 Å². The number of aromatic nitrogens is 1. The van der Waals surface area contributed by atoms with E-state index in [4.69, 9.17) is 9.47 Å². The lowest BCUT2D eigenvalue weighted by atomic mass is 10.2. The Labute approximate surface area is 164 Å². The third-order valence-corrected chi connectivity index (χ3v) is 5.08. The molecular weight excluding hydrogens is 416 g/mol. The van der Waals surface area contributed by atoms with Crippen LogP contribution in [0.5, 0.6) is 11.5 Å². The largest absolute Gasteiger partial charge is 0.497 e. The normalized spacial score (nSPS) is 10.4. The molecule has 1 amide bonds. The van der Waals surface area contributed by atoms with Crippen LogP contribution in [-0.4, -0.2) is 25.1 Å². The van der Waals surface area contributed by atoms with E-state index in [1.54, 1.807) is 32.4 Å². The number of carbonyl (C=O) groups is 1. The Balaban J connectivity index is 1.71. The van der Waals surface area contributed by atoms with Crippen molar-refractivity contribution in [3.63, 3.8) is 0 Å². The average Bonchev–Trinajstić information content (AvgIpc) is 3.10. The van der Waals surface area contributed by atoms with Gasteiger partial charge in [-0.3, -0.25) is 4.79 Å². The predicted octanol–water partition coefficient (Wildman–Crippen LogP) is 4.77. The molecule has 0 bridgehead atoms. The summed E-state index contributed by atoms with van der Waals surface area (Å²) in [5.74, 6) is 1.06. The summed E-state index contributed by atoms with van der Waals surface area (Å²) in [6.45, 7) is 0. The van der Waals surface area contributed by atoms with E-state index in [1.807, 2.05) is 29.6 Å². The first-order valence-electron chi connectivity index (χ1n) is 7.81. The van der Waals surface area contributed by atoms with Crippen LogP contribution in [0.3, 0.4) is 0 Å². The van der Waals surface area contributed by atoms with Gasteiger partial charge in [0.15, 0.2) is 0 Å². The molecule has 5 nitrogen and oxygen atoms in total. The molecule has 134 valence electrons. The molecule has 3 rings (SSSR count). The Kier molecular flexibility index (Phi) is 5.90. The fourth-order valence-electron chi connectivity index (χ4n) is 2.41. The number of halogens is 1. The minimum Gasteiger partial charge on any atom is -0.497 e. The van der Waals surface area contributed by atoms with Gasteiger partial charge in [-0.25, -0.2) is 4.98 Å². The highest BCUT2D eigenvalue weighted by Crippen LogP contribution is 2.29. The molecule has 0 aliphatic rings. The summed E-state index contributed by atoms with van der Waals surface area (Å²) in [4.78, 5) is 17.0. The molecule has 0 spiro atoms. The average molecular weight is 433 g/mol. The summed E-state index contributed by atoms with van der Waals surface area (Å²) in [5.41, 5.74) is 2.31. The number of hydrogen-bond acceptors (Lipinski definition) is 5. The fraction of sp³-hybridized carbons (Fsp3) is 0.158. The SMILES string of the molecule is COc1ccc(OC)c(NC(=O)Cc2csc(-c3cccc(Br)c3)n2)c1. The van der Waals surface area contributed by atoms with Crippen LogP contribution in [0.2, 0.25) is 0 Å². The highest BCUT2D eigenvalue weighted by Gasteiger charge is 2.12. The van der Waals surface area contributed by atoms with Crippen molar-refractivity contribution >= 4 is 38.9 Å². The lowest BCUT2D eigenvalue weighted by Gasteiger charge is -2.11. The summed E-state index contributed by atoms with van der Waals surface area (Å²) < 4.78 is 11.5. The van der Waals surface area contributed by atoms with Crippen LogP contribution in [0.1, 0.15) is 5.69 Å². The molecule has 3 aromatic rings. The maximum Gasteiger partial charge on any atom is 0.230 e. The van der Waals surface area contributed by atoms with Gasteiger partial charge in [0.1, 0.15) is 16.5 Å². The van der Waals surface area contributed by atoms with Crippen LogP contribution in [0.15, 0.2) is 52.3 Å². The van der Waals surface area contributed by atoms with E-state index in [2.05, 4.69) is 26.2 Å². The molecule has 0 saturated carbocycles. The van der Waals surface area contributed by atoms with E-state index in [9.17, 15) is 4.79 Å². The number of nitrogens with zero attached hydrogens (tertiary/aromatic N) is 1. The van der Waals surface area contributed by atoms with Gasteiger partial charge in [-0.05, 0) is 24.3 Å². The van der Waals surface area contributed by atoms with Crippen LogP contribution >= 0.6 is 27.3 Å². The smallest absolute Gasteiger partial charge is 0.230 e. The Morgan fingerprint density at radius 3 is 2.77 bits per heavy atom. The first kappa shape index (κ1) is 18.4. The molecule has 0 fully saturated rings. The summed E-state index contributed by atoms with van der Waals surface area (Å²) in [6.07, 6.45) is 0.185. The second-order valence-electron chi connectivity index (χ2n) is 5.45. The molecule has 0 aliphatic heterocycles. The van der Waals surface area contributed by atoms with Crippen molar-refractivity contribution in [2.45, 2.75) is 6.42 Å². The van der Waals surface area contributed by atoms with Gasteiger partial charge in [-0.15, -0.1) is 11.3 Å². The Morgan fingerprint density at radius 2 is 2.04 bits per heavy atom. The maximum atomic E-state index is 12.4. The van der Waals surface area contributed by atoms with Crippen molar-refractivity contribution < 1.29 is 14.3 Å². The van der Waals surface area contributed by atoms with Gasteiger partial charge < -0.3 is 14.8 Å². The van der Waals surface area contributed by atoms with Crippen LogP contribution in [0, 0.1) is 0 Å². The highest BCUT2D eigenvalue weighted by molar-refractivity contribution is 9.10. The number of benzene rings is 2. The zero-order valence-electron chi connectivity index (χ0n) is 14.3. The second kappa shape index (κ2) is 8.33. The molecule has 0 aliphatic carbocycles. The van der Waals surface area contributed by atoms with E-state index in [0.29, 0.717) is 17.2 Å². The minimum absolute atomic E-state index is 0.164. The van der Waals surface area contributed by atoms with E-state index < -0.39 is 0 Å². The van der Waals surface area contributed by atoms with Crippen LogP contribution in [0.25, 0.3) is 10.6 Å². The van der Waals surface area contributed by atoms with Gasteiger partial charge in [-0.2, -0.15) is 0 Å². The molecular formula is C19H17BrN2O3S. The number of hydrogen-bond donors (Lipinski definition) is 1. The van der Waals surface area contributed by atoms with Gasteiger partial charge in [0, 0.05) is 21.5 Å². The second-order valence-corrected chi connectivity index (χ2v) is 7.22. The standard InChI is InChI=1S/C19H17BrN2O3S/c1-24-15-6-7-17(25-2)16(10-15)22-18(23)9-14-11-26-19(21-14)12-4-3-5-13(20)8-12/h3-8,10-11H,9H2,1-2H3,(H,22,23). The summed E-state index contributed by atoms with van der Waals surface area (Å²) in [7, 11) is 3.13. The molecule has 2 aromatic carbocycles. The Hall–Kier alpha value is -2.38. The van der Waals surface area contributed by atoms with Crippen LogP contribution < -0.4 is 14.8 Å². The van der Waals surface area contributed by atoms with Gasteiger partial charge in [0.2, 0.25) is 5.91 Å². The minimum atomic E-state index is -0.164. The lowest BCUT2D eigenvalue weighted by Crippen LogP contribution is -2.15. The number of rotatable bonds is 6. The van der Waals surface area contributed by atoms with Crippen molar-refractivity contribution in [1.29, 1.82) is 0 Å². The predicted molar refractivity (Wildman–Crippen MR) is 107 cm³/mol. The first-order chi connectivity index (χ1) is 12.6. The van der Waals surface area contributed by atoms with Gasteiger partial charge in [0.25, 0.3) is 0 Å². The third kappa shape index (κ3) is 4.42. The highest BCUT2D eigenvalue weighted by atomic mass is 79.9. The van der Waals surface area contributed by atoms with Crippen LogP contribution in [0.4, 0.5) is 5.69 Å². The summed E-state index contributed by atoms with van der Waals surface area (Å²) in [5, 5.41) is 5.64. The first-order valence-corrected chi connectivity index (χ1v) is 9.48. The summed E-state index contributed by atoms with van der Waals surface area (Å²) >= 11 is 4.98. The van der Waals surface area contributed by atoms with Crippen LogP contribution in [-0.2, 0) is 11.2 Å². The summed E-state index contributed by atoms with van der Waals surface area (Å²) in [6, 6.07) is 13.2. The van der Waals surface area contributed by atoms with Crippen molar-refractivity contribution in [2.24, 2.45) is 0 Å². The molecule has 1 aromatic heterocycles. The van der Waals surface area contributed by atoms with Gasteiger partial charge >= 0.3 is 0 Å². The quantitative estimate of drug-likeness (QED) is 0.609. The monoisotopic (exact) mass is 432 g/mol. The number of ether oxygens (including phenoxy) is 2. The topological polar surface area (TPSA) is 60.5 Å². The number of anilines is 1. The Morgan fingerprint density at radius 1 is 1.19 bits per heavy atom. The molecule has 0 unspecified atom stereocenters. The number of thiazole rings is 1. The van der Waals surface area contributed by atoms with E-state index in [-0.39, 0.29) is 12.3 Å². The number of methoxy groups -OCH3 is 2. The zero-order chi connectivity index (χ0) is 18.5. The van der Waals surface area contributed by atoms with Crippen molar-refractivity contribution in [3.8, 4) is 22.1 Å². The number of carbonyl (C=O) groups excluding carboxylic acids is 1. The number of nitrogens with one attached hydrogen (secondary N) is 1. The zero-order valence-corrected chi connectivity index (χ0v) is 16.7. The van der Waals surface area contributed by atoms with E-state index >= 15 is 0 Å². The lowest BCUT2D eigenvalue weighted by molar-refractivity contribution is -0.115. The van der Waals surface area contributed by atoms with E-state index in [0.717, 1.165) is 20.7 Å². The third-order valence-electron chi connectivity index (χ3n) is 3.65. The molecule has 1 heterocycles. The number of amides is 1. The molecule has 1 N–H and O–H groups in total. The van der Waals surface area contributed by atoms with Gasteiger partial charge in [0.05, 0.1) is 32.0 Å². The molecule has 7 heteroatoms. The Bertz CT molecular complexity index is 927. The van der Waals surface area contributed by atoms with Crippen molar-refractivity contribution in [1.82, 2.24) is 4.98 Å². The molecule has 26 heavy (non-hydrogen) atoms.